The lowest BCUT2D eigenvalue weighted by molar-refractivity contribution is 0.261. The molecule has 0 saturated carbocycles. The molecule has 1 aliphatic heterocycles. The Morgan fingerprint density at radius 1 is 1.38 bits per heavy atom. The molecule has 1 fully saturated rings. The number of nitrogen functional groups attached to an aromatic ring is 1. The summed E-state index contributed by atoms with van der Waals surface area (Å²) in [5.74, 6) is 2.73. The van der Waals surface area contributed by atoms with E-state index in [1.807, 2.05) is 6.92 Å². The molecular formula is C14H18N4O2S. The molecule has 6 nitrogen and oxygen atoms in total. The highest BCUT2D eigenvalue weighted by atomic mass is 32.2. The predicted octanol–water partition coefficient (Wildman–Crippen LogP) is 0.989. The molecule has 0 bridgehead atoms. The van der Waals surface area contributed by atoms with Crippen molar-refractivity contribution in [1.82, 2.24) is 9.97 Å². The number of fused-ring (bicyclic) bond motifs is 1. The largest absolute Gasteiger partial charge is 0.477 e. The average Bonchev–Trinajstić information content (AvgIpc) is 2.41. The predicted molar refractivity (Wildman–Crippen MR) is 83.4 cm³/mol. The van der Waals surface area contributed by atoms with E-state index in [1.54, 1.807) is 18.5 Å². The molecule has 2 aromatic heterocycles. The second kappa shape index (κ2) is 5.57. The number of nitrogens with zero attached hydrogens (tertiary/aromatic N) is 2. The topological polar surface area (TPSA) is 104 Å². The van der Waals surface area contributed by atoms with Crippen LogP contribution in [0.3, 0.4) is 0 Å². The Hall–Kier alpha value is -1.73. The minimum atomic E-state index is -0.666. The third-order valence-electron chi connectivity index (χ3n) is 3.58. The zero-order valence-electron chi connectivity index (χ0n) is 11.8. The van der Waals surface area contributed by atoms with Crippen molar-refractivity contribution in [3.8, 4) is 5.88 Å². The summed E-state index contributed by atoms with van der Waals surface area (Å²) >= 11 is 0. The zero-order valence-corrected chi connectivity index (χ0v) is 12.6. The van der Waals surface area contributed by atoms with Gasteiger partial charge in [-0.05, 0) is 23.9 Å². The van der Waals surface area contributed by atoms with Crippen LogP contribution >= 0.6 is 0 Å². The molecule has 1 aliphatic rings. The standard InChI is InChI=1S/C14H18N4O2S/c1-8(15)11-3-18-14(20-5-9-6-21(19)7-9)12-4-17-13(16)2-10(11)12/h2-4,8-9H,5-7,15H2,1H3,(H2,16,17). The Morgan fingerprint density at radius 2 is 2.14 bits per heavy atom. The van der Waals surface area contributed by atoms with Gasteiger partial charge in [0.25, 0.3) is 0 Å². The first-order valence-corrected chi connectivity index (χ1v) is 8.31. The summed E-state index contributed by atoms with van der Waals surface area (Å²) in [4.78, 5) is 8.46. The van der Waals surface area contributed by atoms with Crippen LogP contribution in [0.2, 0.25) is 0 Å². The van der Waals surface area contributed by atoms with E-state index in [9.17, 15) is 4.21 Å². The lowest BCUT2D eigenvalue weighted by atomic mass is 10.0. The third-order valence-corrected chi connectivity index (χ3v) is 5.26. The fourth-order valence-electron chi connectivity index (χ4n) is 2.40. The van der Waals surface area contributed by atoms with Crippen LogP contribution in [-0.4, -0.2) is 32.3 Å². The second-order valence-corrected chi connectivity index (χ2v) is 6.96. The van der Waals surface area contributed by atoms with Gasteiger partial charge < -0.3 is 16.2 Å². The number of hydrogen-bond acceptors (Lipinski definition) is 6. The molecule has 21 heavy (non-hydrogen) atoms. The van der Waals surface area contributed by atoms with Crippen LogP contribution in [-0.2, 0) is 10.8 Å². The number of anilines is 1. The summed E-state index contributed by atoms with van der Waals surface area (Å²) in [5, 5.41) is 1.72. The molecule has 3 rings (SSSR count). The van der Waals surface area contributed by atoms with Crippen LogP contribution in [0.25, 0.3) is 10.8 Å². The first-order chi connectivity index (χ1) is 10.0. The molecule has 112 valence electrons. The first kappa shape index (κ1) is 14.2. The fourth-order valence-corrected chi connectivity index (χ4v) is 3.54. The third kappa shape index (κ3) is 2.84. The Kier molecular flexibility index (Phi) is 3.77. The second-order valence-electron chi connectivity index (χ2n) is 5.41. The minimum absolute atomic E-state index is 0.148. The molecule has 3 heterocycles. The monoisotopic (exact) mass is 306 g/mol. The number of nitrogens with two attached hydrogens (primary N) is 2. The summed E-state index contributed by atoms with van der Waals surface area (Å²) in [6, 6.07) is 1.64. The summed E-state index contributed by atoms with van der Waals surface area (Å²) in [6.45, 7) is 2.42. The van der Waals surface area contributed by atoms with Crippen LogP contribution in [0.4, 0.5) is 5.82 Å². The van der Waals surface area contributed by atoms with E-state index in [1.165, 1.54) is 0 Å². The lowest BCUT2D eigenvalue weighted by Gasteiger charge is -2.24. The van der Waals surface area contributed by atoms with E-state index in [-0.39, 0.29) is 6.04 Å². The number of aromatic nitrogens is 2. The van der Waals surface area contributed by atoms with Gasteiger partial charge in [0.2, 0.25) is 5.88 Å². The van der Waals surface area contributed by atoms with Gasteiger partial charge in [-0.3, -0.25) is 4.21 Å². The van der Waals surface area contributed by atoms with Crippen LogP contribution in [0, 0.1) is 5.92 Å². The summed E-state index contributed by atoms with van der Waals surface area (Å²) in [5.41, 5.74) is 12.6. The van der Waals surface area contributed by atoms with Crippen LogP contribution < -0.4 is 16.2 Å². The Morgan fingerprint density at radius 3 is 2.81 bits per heavy atom. The lowest BCUT2D eigenvalue weighted by Crippen LogP contribution is -2.35. The van der Waals surface area contributed by atoms with Crippen molar-refractivity contribution >= 4 is 27.4 Å². The Balaban J connectivity index is 1.92. The van der Waals surface area contributed by atoms with Gasteiger partial charge in [0.15, 0.2) is 0 Å². The number of hydrogen-bond donors (Lipinski definition) is 2. The molecule has 0 amide bonds. The average molecular weight is 306 g/mol. The van der Waals surface area contributed by atoms with Crippen molar-refractivity contribution < 1.29 is 8.95 Å². The number of rotatable bonds is 4. The molecule has 1 unspecified atom stereocenters. The van der Waals surface area contributed by atoms with Gasteiger partial charge in [-0.1, -0.05) is 0 Å². The molecule has 2 aromatic rings. The molecule has 0 aliphatic carbocycles. The van der Waals surface area contributed by atoms with E-state index in [4.69, 9.17) is 16.2 Å². The molecule has 0 radical (unpaired) electrons. The SMILES string of the molecule is CC(N)c1cnc(OCC2CS(=O)C2)c2cnc(N)cc12. The van der Waals surface area contributed by atoms with Crippen molar-refractivity contribution in [3.05, 3.63) is 24.0 Å². The van der Waals surface area contributed by atoms with Gasteiger partial charge >= 0.3 is 0 Å². The maximum absolute atomic E-state index is 11.1. The normalized spacial score (nSPS) is 22.8. The van der Waals surface area contributed by atoms with E-state index < -0.39 is 10.8 Å². The van der Waals surface area contributed by atoms with Crippen LogP contribution in [0.15, 0.2) is 18.5 Å². The van der Waals surface area contributed by atoms with Gasteiger partial charge in [0.1, 0.15) is 5.82 Å². The highest BCUT2D eigenvalue weighted by molar-refractivity contribution is 7.86. The molecule has 4 N–H and O–H groups in total. The molecule has 1 saturated heterocycles. The quantitative estimate of drug-likeness (QED) is 0.873. The van der Waals surface area contributed by atoms with Gasteiger partial charge in [-0.2, -0.15) is 0 Å². The van der Waals surface area contributed by atoms with Crippen molar-refractivity contribution in [1.29, 1.82) is 0 Å². The van der Waals surface area contributed by atoms with Crippen molar-refractivity contribution in [2.24, 2.45) is 11.7 Å². The van der Waals surface area contributed by atoms with Gasteiger partial charge in [0, 0.05) is 46.7 Å². The van der Waals surface area contributed by atoms with Crippen LogP contribution in [0.1, 0.15) is 18.5 Å². The first-order valence-electron chi connectivity index (χ1n) is 6.82. The summed E-state index contributed by atoms with van der Waals surface area (Å²) < 4.78 is 16.9. The van der Waals surface area contributed by atoms with Crippen molar-refractivity contribution in [2.75, 3.05) is 23.8 Å². The van der Waals surface area contributed by atoms with Gasteiger partial charge in [0.05, 0.1) is 12.0 Å². The summed E-state index contributed by atoms with van der Waals surface area (Å²) in [6.07, 6.45) is 3.39. The minimum Gasteiger partial charge on any atom is -0.477 e. The molecule has 0 aromatic carbocycles. The highest BCUT2D eigenvalue weighted by Gasteiger charge is 2.26. The van der Waals surface area contributed by atoms with Gasteiger partial charge in [-0.25, -0.2) is 9.97 Å². The zero-order chi connectivity index (χ0) is 15.0. The molecule has 7 heteroatoms. The fraction of sp³-hybridized carbons (Fsp3) is 0.429. The summed E-state index contributed by atoms with van der Waals surface area (Å²) in [7, 11) is -0.666. The molecule has 0 spiro atoms. The van der Waals surface area contributed by atoms with Crippen molar-refractivity contribution in [3.63, 3.8) is 0 Å². The van der Waals surface area contributed by atoms with E-state index in [0.29, 0.717) is 35.7 Å². The maximum Gasteiger partial charge on any atom is 0.222 e. The Bertz CT molecular complexity index is 697. The van der Waals surface area contributed by atoms with E-state index >= 15 is 0 Å². The number of ether oxygens (including phenoxy) is 1. The van der Waals surface area contributed by atoms with Crippen molar-refractivity contribution in [2.45, 2.75) is 13.0 Å². The highest BCUT2D eigenvalue weighted by Crippen LogP contribution is 2.30. The maximum atomic E-state index is 11.1. The van der Waals surface area contributed by atoms with E-state index in [2.05, 4.69) is 9.97 Å². The number of pyridine rings is 2. The molecular weight excluding hydrogens is 288 g/mol. The smallest absolute Gasteiger partial charge is 0.222 e. The van der Waals surface area contributed by atoms with Crippen LogP contribution in [0.5, 0.6) is 5.88 Å². The molecule has 1 atom stereocenters. The van der Waals surface area contributed by atoms with E-state index in [0.717, 1.165) is 16.3 Å². The van der Waals surface area contributed by atoms with Gasteiger partial charge in [-0.15, -0.1) is 0 Å². The Labute approximate surface area is 125 Å².